The third-order valence-corrected chi connectivity index (χ3v) is 2.57. The van der Waals surface area contributed by atoms with Crippen LogP contribution in [0.1, 0.15) is 19.4 Å². The molecule has 2 aromatic carbocycles. The first kappa shape index (κ1) is 10.7. The van der Waals surface area contributed by atoms with Crippen molar-refractivity contribution in [1.29, 1.82) is 0 Å². The van der Waals surface area contributed by atoms with Crippen LogP contribution in [0.2, 0.25) is 0 Å². The van der Waals surface area contributed by atoms with Gasteiger partial charge in [-0.2, -0.15) is 0 Å². The first-order valence-electron chi connectivity index (χ1n) is 5.41. The molecule has 16 heavy (non-hydrogen) atoms. The molecule has 82 valence electrons. The predicted molar refractivity (Wildman–Crippen MR) is 64.6 cm³/mol. The SMILES string of the molecule is CCc1ccc2cccc(OC(C)=O)c2c1. The molecule has 0 aliphatic rings. The molecule has 2 heteroatoms. The third-order valence-electron chi connectivity index (χ3n) is 2.57. The highest BCUT2D eigenvalue weighted by atomic mass is 16.5. The first-order valence-corrected chi connectivity index (χ1v) is 5.41. The van der Waals surface area contributed by atoms with Gasteiger partial charge >= 0.3 is 5.97 Å². The van der Waals surface area contributed by atoms with E-state index in [4.69, 9.17) is 4.74 Å². The van der Waals surface area contributed by atoms with E-state index < -0.39 is 0 Å². The van der Waals surface area contributed by atoms with Crippen molar-refractivity contribution in [3.8, 4) is 5.75 Å². The third kappa shape index (κ3) is 2.06. The van der Waals surface area contributed by atoms with Gasteiger partial charge in [0.15, 0.2) is 0 Å². The molecule has 0 saturated heterocycles. The van der Waals surface area contributed by atoms with Crippen molar-refractivity contribution in [3.05, 3.63) is 42.0 Å². The van der Waals surface area contributed by atoms with Crippen molar-refractivity contribution in [2.24, 2.45) is 0 Å². The molecule has 0 amide bonds. The predicted octanol–water partition coefficient (Wildman–Crippen LogP) is 3.33. The molecule has 2 aromatic rings. The Labute approximate surface area is 94.8 Å². The van der Waals surface area contributed by atoms with Gasteiger partial charge in [-0.15, -0.1) is 0 Å². The Hall–Kier alpha value is -1.83. The number of hydrogen-bond acceptors (Lipinski definition) is 2. The number of esters is 1. The second kappa shape index (κ2) is 4.35. The molecule has 2 rings (SSSR count). The smallest absolute Gasteiger partial charge is 0.308 e. The summed E-state index contributed by atoms with van der Waals surface area (Å²) in [6, 6.07) is 12.0. The molecule has 0 heterocycles. The second-order valence-electron chi connectivity index (χ2n) is 3.76. The van der Waals surface area contributed by atoms with Crippen LogP contribution in [0, 0.1) is 0 Å². The molecule has 0 bridgehead atoms. The fourth-order valence-corrected chi connectivity index (χ4v) is 1.75. The Bertz CT molecular complexity index is 529. The topological polar surface area (TPSA) is 26.3 Å². The van der Waals surface area contributed by atoms with Gasteiger partial charge in [0.2, 0.25) is 0 Å². The molecule has 0 aliphatic heterocycles. The fraction of sp³-hybridized carbons (Fsp3) is 0.214. The molecule has 2 nitrogen and oxygen atoms in total. The van der Waals surface area contributed by atoms with E-state index in [0.29, 0.717) is 5.75 Å². The Morgan fingerprint density at radius 3 is 2.75 bits per heavy atom. The van der Waals surface area contributed by atoms with E-state index in [9.17, 15) is 4.79 Å². The molecule has 0 N–H and O–H groups in total. The van der Waals surface area contributed by atoms with Crippen LogP contribution in [0.15, 0.2) is 36.4 Å². The maximum Gasteiger partial charge on any atom is 0.308 e. The Morgan fingerprint density at radius 2 is 2.06 bits per heavy atom. The zero-order valence-electron chi connectivity index (χ0n) is 9.49. The van der Waals surface area contributed by atoms with E-state index in [0.717, 1.165) is 17.2 Å². The standard InChI is InChI=1S/C14H14O2/c1-3-11-7-8-12-5-4-6-14(13(12)9-11)16-10(2)15/h4-9H,3H2,1-2H3. The number of fused-ring (bicyclic) bond motifs is 1. The molecule has 0 fully saturated rings. The van der Waals surface area contributed by atoms with E-state index in [1.54, 1.807) is 0 Å². The molecule has 0 atom stereocenters. The largest absolute Gasteiger partial charge is 0.426 e. The number of ether oxygens (including phenoxy) is 1. The van der Waals surface area contributed by atoms with Crippen molar-refractivity contribution in [1.82, 2.24) is 0 Å². The second-order valence-corrected chi connectivity index (χ2v) is 3.76. The normalized spacial score (nSPS) is 10.4. The molecule has 0 aliphatic carbocycles. The van der Waals surface area contributed by atoms with Crippen molar-refractivity contribution >= 4 is 16.7 Å². The monoisotopic (exact) mass is 214 g/mol. The lowest BCUT2D eigenvalue weighted by Gasteiger charge is -2.07. The van der Waals surface area contributed by atoms with Gasteiger partial charge in [-0.05, 0) is 29.5 Å². The fourth-order valence-electron chi connectivity index (χ4n) is 1.75. The summed E-state index contributed by atoms with van der Waals surface area (Å²) in [7, 11) is 0. The van der Waals surface area contributed by atoms with Gasteiger partial charge in [0, 0.05) is 12.3 Å². The van der Waals surface area contributed by atoms with Crippen LogP contribution in [-0.4, -0.2) is 5.97 Å². The molecule has 0 aromatic heterocycles. The summed E-state index contributed by atoms with van der Waals surface area (Å²) in [5.41, 5.74) is 1.24. The van der Waals surface area contributed by atoms with E-state index >= 15 is 0 Å². The van der Waals surface area contributed by atoms with Crippen molar-refractivity contribution in [2.45, 2.75) is 20.3 Å². The lowest BCUT2D eigenvalue weighted by molar-refractivity contribution is -0.131. The van der Waals surface area contributed by atoms with E-state index in [-0.39, 0.29) is 5.97 Å². The molecule has 0 spiro atoms. The highest BCUT2D eigenvalue weighted by Gasteiger charge is 2.04. The Morgan fingerprint density at radius 1 is 1.25 bits per heavy atom. The summed E-state index contributed by atoms with van der Waals surface area (Å²) in [5.74, 6) is 0.356. The van der Waals surface area contributed by atoms with E-state index in [1.165, 1.54) is 12.5 Å². The number of carbonyl (C=O) groups excluding carboxylic acids is 1. The quantitative estimate of drug-likeness (QED) is 0.566. The van der Waals surface area contributed by atoms with Gasteiger partial charge in [-0.1, -0.05) is 31.2 Å². The number of carbonyl (C=O) groups is 1. The molecular formula is C14H14O2. The maximum atomic E-state index is 11.0. The minimum Gasteiger partial charge on any atom is -0.426 e. The van der Waals surface area contributed by atoms with Crippen LogP contribution in [-0.2, 0) is 11.2 Å². The number of rotatable bonds is 2. The molecule has 0 saturated carbocycles. The summed E-state index contributed by atoms with van der Waals surface area (Å²) in [6.45, 7) is 3.53. The Balaban J connectivity index is 2.59. The number of benzene rings is 2. The first-order chi connectivity index (χ1) is 7.70. The van der Waals surface area contributed by atoms with Crippen LogP contribution < -0.4 is 4.74 Å². The number of hydrogen-bond donors (Lipinski definition) is 0. The van der Waals surface area contributed by atoms with Crippen LogP contribution in [0.25, 0.3) is 10.8 Å². The average molecular weight is 214 g/mol. The van der Waals surface area contributed by atoms with Crippen LogP contribution >= 0.6 is 0 Å². The average Bonchev–Trinajstić information content (AvgIpc) is 2.28. The van der Waals surface area contributed by atoms with E-state index in [2.05, 4.69) is 25.1 Å². The van der Waals surface area contributed by atoms with Crippen molar-refractivity contribution in [3.63, 3.8) is 0 Å². The highest BCUT2D eigenvalue weighted by molar-refractivity contribution is 5.90. The summed E-state index contributed by atoms with van der Waals surface area (Å²) in [5, 5.41) is 2.09. The van der Waals surface area contributed by atoms with Crippen LogP contribution in [0.4, 0.5) is 0 Å². The zero-order chi connectivity index (χ0) is 11.5. The highest BCUT2D eigenvalue weighted by Crippen LogP contribution is 2.26. The molecule has 0 radical (unpaired) electrons. The number of aryl methyl sites for hydroxylation is 1. The summed E-state index contributed by atoms with van der Waals surface area (Å²) < 4.78 is 5.19. The Kier molecular flexibility index (Phi) is 2.91. The van der Waals surface area contributed by atoms with Crippen molar-refractivity contribution < 1.29 is 9.53 Å². The van der Waals surface area contributed by atoms with Gasteiger partial charge in [0.05, 0.1) is 0 Å². The zero-order valence-corrected chi connectivity index (χ0v) is 9.49. The lowest BCUT2D eigenvalue weighted by atomic mass is 10.0. The van der Waals surface area contributed by atoms with Gasteiger partial charge in [0.25, 0.3) is 0 Å². The summed E-state index contributed by atoms with van der Waals surface area (Å²) in [6.07, 6.45) is 0.977. The van der Waals surface area contributed by atoms with Crippen molar-refractivity contribution in [2.75, 3.05) is 0 Å². The van der Waals surface area contributed by atoms with Gasteiger partial charge < -0.3 is 4.74 Å². The van der Waals surface area contributed by atoms with Gasteiger partial charge in [0.1, 0.15) is 5.75 Å². The minimum absolute atomic E-state index is 0.283. The summed E-state index contributed by atoms with van der Waals surface area (Å²) >= 11 is 0. The maximum absolute atomic E-state index is 11.0. The molecular weight excluding hydrogens is 200 g/mol. The van der Waals surface area contributed by atoms with Crippen LogP contribution in [0.3, 0.4) is 0 Å². The van der Waals surface area contributed by atoms with Crippen LogP contribution in [0.5, 0.6) is 5.75 Å². The lowest BCUT2D eigenvalue weighted by Crippen LogP contribution is -2.01. The molecule has 0 unspecified atom stereocenters. The minimum atomic E-state index is -0.283. The van der Waals surface area contributed by atoms with E-state index in [1.807, 2.05) is 18.2 Å². The summed E-state index contributed by atoms with van der Waals surface area (Å²) in [4.78, 5) is 11.0. The van der Waals surface area contributed by atoms with Gasteiger partial charge in [-0.3, -0.25) is 4.79 Å². The van der Waals surface area contributed by atoms with Gasteiger partial charge in [-0.25, -0.2) is 0 Å².